The fourth-order valence-electron chi connectivity index (χ4n) is 3.58. The number of amides is 2. The summed E-state index contributed by atoms with van der Waals surface area (Å²) in [7, 11) is 3.55. The minimum absolute atomic E-state index is 0.0527. The maximum Gasteiger partial charge on any atom is 0.289 e. The van der Waals surface area contributed by atoms with Gasteiger partial charge in [-0.15, -0.1) is 0 Å². The summed E-state index contributed by atoms with van der Waals surface area (Å²) in [6.45, 7) is 2.00. The van der Waals surface area contributed by atoms with Crippen molar-refractivity contribution in [2.45, 2.75) is 17.3 Å². The summed E-state index contributed by atoms with van der Waals surface area (Å²) >= 11 is 1.55. The van der Waals surface area contributed by atoms with Crippen LogP contribution >= 0.6 is 11.8 Å². The van der Waals surface area contributed by atoms with Crippen LogP contribution < -0.4 is 4.74 Å². The lowest BCUT2D eigenvalue weighted by Crippen LogP contribution is -2.50. The molecule has 9 heteroatoms. The highest BCUT2D eigenvalue weighted by atomic mass is 32.2. The van der Waals surface area contributed by atoms with Crippen LogP contribution in [-0.2, 0) is 24.0 Å². The van der Waals surface area contributed by atoms with Gasteiger partial charge in [-0.05, 0) is 29.8 Å². The van der Waals surface area contributed by atoms with E-state index in [1.54, 1.807) is 40.9 Å². The zero-order valence-electron chi connectivity index (χ0n) is 18.2. The maximum absolute atomic E-state index is 12.8. The molecule has 0 aliphatic carbocycles. The smallest absolute Gasteiger partial charge is 0.289 e. The fraction of sp³-hybridized carbons (Fsp3) is 0.348. The Kier molecular flexibility index (Phi) is 6.84. The van der Waals surface area contributed by atoms with E-state index in [1.807, 2.05) is 48.1 Å². The monoisotopic (exact) mass is 454 g/mol. The first-order valence-electron chi connectivity index (χ1n) is 10.4. The number of aryl methyl sites for hydroxylation is 1. The van der Waals surface area contributed by atoms with Crippen LogP contribution in [-0.4, -0.2) is 64.5 Å². The van der Waals surface area contributed by atoms with Crippen molar-refractivity contribution < 1.29 is 18.7 Å². The van der Waals surface area contributed by atoms with Crippen molar-refractivity contribution in [1.29, 1.82) is 0 Å². The number of aromatic nitrogens is 2. The Morgan fingerprint density at radius 3 is 2.62 bits per heavy atom. The van der Waals surface area contributed by atoms with E-state index >= 15 is 0 Å². The van der Waals surface area contributed by atoms with Crippen molar-refractivity contribution in [3.63, 3.8) is 0 Å². The van der Waals surface area contributed by atoms with Gasteiger partial charge in [-0.2, -0.15) is 0 Å². The molecule has 0 atom stereocenters. The number of piperazine rings is 1. The van der Waals surface area contributed by atoms with Crippen LogP contribution in [0.25, 0.3) is 0 Å². The molecule has 1 aromatic carbocycles. The average Bonchev–Trinajstić information content (AvgIpc) is 3.46. The third-order valence-corrected chi connectivity index (χ3v) is 6.48. The highest BCUT2D eigenvalue weighted by molar-refractivity contribution is 7.98. The zero-order valence-corrected chi connectivity index (χ0v) is 19.0. The van der Waals surface area contributed by atoms with E-state index in [0.717, 1.165) is 22.2 Å². The molecule has 2 aromatic heterocycles. The number of nitrogens with zero attached hydrogens (tertiary/aromatic N) is 4. The first kappa shape index (κ1) is 22.0. The molecule has 0 spiro atoms. The van der Waals surface area contributed by atoms with E-state index in [9.17, 15) is 9.59 Å². The van der Waals surface area contributed by atoms with Crippen LogP contribution in [0.3, 0.4) is 0 Å². The molecule has 32 heavy (non-hydrogen) atoms. The SMILES string of the molecule is COc1cccc(CC(=O)N2CCN(C(=O)c3ccc(CSc4nccn4C)o3)CC2)c1. The normalized spacial score (nSPS) is 13.9. The molecule has 1 aliphatic heterocycles. The second-order valence-electron chi connectivity index (χ2n) is 7.58. The third kappa shape index (κ3) is 5.16. The van der Waals surface area contributed by atoms with Gasteiger partial charge in [-0.25, -0.2) is 4.98 Å². The van der Waals surface area contributed by atoms with E-state index in [2.05, 4.69) is 4.98 Å². The Morgan fingerprint density at radius 1 is 1.12 bits per heavy atom. The van der Waals surface area contributed by atoms with Crippen LogP contribution in [0.4, 0.5) is 0 Å². The lowest BCUT2D eigenvalue weighted by atomic mass is 10.1. The first-order valence-corrected chi connectivity index (χ1v) is 11.4. The molecule has 0 saturated carbocycles. The van der Waals surface area contributed by atoms with Crippen LogP contribution in [0.5, 0.6) is 5.75 Å². The number of carbonyl (C=O) groups excluding carboxylic acids is 2. The third-order valence-electron chi connectivity index (χ3n) is 5.40. The Bertz CT molecular complexity index is 1090. The number of methoxy groups -OCH3 is 1. The van der Waals surface area contributed by atoms with E-state index in [4.69, 9.17) is 9.15 Å². The number of imidazole rings is 1. The Hall–Kier alpha value is -3.20. The summed E-state index contributed by atoms with van der Waals surface area (Å²) in [6.07, 6.45) is 3.96. The molecule has 3 aromatic rings. The predicted octanol–water partition coefficient (Wildman–Crippen LogP) is 2.84. The molecular formula is C23H26N4O4S. The number of hydrogen-bond donors (Lipinski definition) is 0. The summed E-state index contributed by atoms with van der Waals surface area (Å²) < 4.78 is 12.9. The molecule has 168 valence electrons. The second-order valence-corrected chi connectivity index (χ2v) is 8.52. The highest BCUT2D eigenvalue weighted by Gasteiger charge is 2.26. The standard InChI is InChI=1S/C23H26N4O4S/c1-25-9-8-24-23(25)32-16-19-6-7-20(31-19)22(29)27-12-10-26(11-13-27)21(28)15-17-4-3-5-18(14-17)30-2/h3-9,14H,10-13,15-16H2,1-2H3. The van der Waals surface area contributed by atoms with E-state index in [0.29, 0.717) is 44.1 Å². The van der Waals surface area contributed by atoms with Crippen molar-refractivity contribution in [2.75, 3.05) is 33.3 Å². The Morgan fingerprint density at radius 2 is 1.91 bits per heavy atom. The van der Waals surface area contributed by atoms with Gasteiger partial charge in [-0.1, -0.05) is 23.9 Å². The number of carbonyl (C=O) groups is 2. The molecule has 4 rings (SSSR count). The van der Waals surface area contributed by atoms with Gasteiger partial charge in [-0.3, -0.25) is 9.59 Å². The maximum atomic E-state index is 12.8. The average molecular weight is 455 g/mol. The molecule has 1 fully saturated rings. The van der Waals surface area contributed by atoms with Gasteiger partial charge in [0.05, 0.1) is 19.3 Å². The number of thioether (sulfide) groups is 1. The van der Waals surface area contributed by atoms with Crippen molar-refractivity contribution in [3.8, 4) is 5.75 Å². The predicted molar refractivity (Wildman–Crippen MR) is 121 cm³/mol. The molecule has 0 unspecified atom stereocenters. The second kappa shape index (κ2) is 9.95. The molecule has 3 heterocycles. The highest BCUT2D eigenvalue weighted by Crippen LogP contribution is 2.23. The van der Waals surface area contributed by atoms with Gasteiger partial charge in [0.2, 0.25) is 5.91 Å². The molecule has 1 saturated heterocycles. The number of hydrogen-bond acceptors (Lipinski definition) is 6. The van der Waals surface area contributed by atoms with Gasteiger partial charge in [0, 0.05) is 45.6 Å². The molecular weight excluding hydrogens is 428 g/mol. The van der Waals surface area contributed by atoms with Gasteiger partial charge >= 0.3 is 0 Å². The molecule has 0 bridgehead atoms. The number of benzene rings is 1. The summed E-state index contributed by atoms with van der Waals surface area (Å²) in [4.78, 5) is 33.3. The number of ether oxygens (including phenoxy) is 1. The topological polar surface area (TPSA) is 80.8 Å². The molecule has 1 aliphatic rings. The molecule has 0 N–H and O–H groups in total. The van der Waals surface area contributed by atoms with Gasteiger partial charge < -0.3 is 23.5 Å². The van der Waals surface area contributed by atoms with Crippen LogP contribution in [0.2, 0.25) is 0 Å². The molecule has 8 nitrogen and oxygen atoms in total. The van der Waals surface area contributed by atoms with Crippen molar-refractivity contribution in [3.05, 3.63) is 65.9 Å². The minimum atomic E-state index is -0.141. The number of furan rings is 1. The van der Waals surface area contributed by atoms with Crippen molar-refractivity contribution >= 4 is 23.6 Å². The van der Waals surface area contributed by atoms with Crippen LogP contribution in [0.1, 0.15) is 21.9 Å². The van der Waals surface area contributed by atoms with Crippen LogP contribution in [0.15, 0.2) is 58.4 Å². The van der Waals surface area contributed by atoms with E-state index in [-0.39, 0.29) is 11.8 Å². The quantitative estimate of drug-likeness (QED) is 0.511. The minimum Gasteiger partial charge on any atom is -0.497 e. The Balaban J connectivity index is 1.27. The molecule has 0 radical (unpaired) electrons. The largest absolute Gasteiger partial charge is 0.497 e. The summed E-state index contributed by atoms with van der Waals surface area (Å²) in [5.41, 5.74) is 0.916. The zero-order chi connectivity index (χ0) is 22.5. The summed E-state index contributed by atoms with van der Waals surface area (Å²) in [5.74, 6) is 2.31. The van der Waals surface area contributed by atoms with E-state index in [1.165, 1.54) is 0 Å². The van der Waals surface area contributed by atoms with E-state index < -0.39 is 0 Å². The van der Waals surface area contributed by atoms with Gasteiger partial charge in [0.15, 0.2) is 10.9 Å². The first-order chi connectivity index (χ1) is 15.5. The summed E-state index contributed by atoms with van der Waals surface area (Å²) in [6, 6.07) is 11.1. The summed E-state index contributed by atoms with van der Waals surface area (Å²) in [5, 5.41) is 0.893. The van der Waals surface area contributed by atoms with Gasteiger partial charge in [0.25, 0.3) is 5.91 Å². The van der Waals surface area contributed by atoms with Crippen molar-refractivity contribution in [2.24, 2.45) is 7.05 Å². The van der Waals surface area contributed by atoms with Crippen LogP contribution in [0, 0.1) is 0 Å². The number of rotatable bonds is 7. The van der Waals surface area contributed by atoms with Crippen molar-refractivity contribution in [1.82, 2.24) is 19.4 Å². The lowest BCUT2D eigenvalue weighted by molar-refractivity contribution is -0.131. The molecule has 2 amide bonds. The Labute approximate surface area is 191 Å². The lowest BCUT2D eigenvalue weighted by Gasteiger charge is -2.34. The fourth-order valence-corrected chi connectivity index (χ4v) is 4.41. The van der Waals surface area contributed by atoms with Gasteiger partial charge in [0.1, 0.15) is 11.5 Å².